The summed E-state index contributed by atoms with van der Waals surface area (Å²) in [6.45, 7) is 5.72. The van der Waals surface area contributed by atoms with Gasteiger partial charge in [-0.1, -0.05) is 24.8 Å². The predicted molar refractivity (Wildman–Crippen MR) is 93.8 cm³/mol. The molecule has 0 aliphatic carbocycles. The molecular formula is C19H17FN4. The molecule has 0 fully saturated rings. The number of nitrogens with zero attached hydrogens (tertiary/aromatic N) is 3. The molecule has 3 rings (SSSR count). The van der Waals surface area contributed by atoms with E-state index in [1.165, 1.54) is 12.1 Å². The van der Waals surface area contributed by atoms with Crippen LogP contribution in [0.3, 0.4) is 0 Å². The van der Waals surface area contributed by atoms with Crippen molar-refractivity contribution in [3.8, 4) is 11.3 Å². The van der Waals surface area contributed by atoms with Gasteiger partial charge in [-0.3, -0.25) is 9.97 Å². The van der Waals surface area contributed by atoms with Crippen LogP contribution in [0.4, 0.5) is 10.2 Å². The van der Waals surface area contributed by atoms with Gasteiger partial charge in [0.1, 0.15) is 11.6 Å². The van der Waals surface area contributed by atoms with Crippen LogP contribution < -0.4 is 5.32 Å². The first-order valence-electron chi connectivity index (χ1n) is 7.57. The molecule has 2 heterocycles. The van der Waals surface area contributed by atoms with Gasteiger partial charge >= 0.3 is 0 Å². The molecule has 1 atom stereocenters. The van der Waals surface area contributed by atoms with Crippen molar-refractivity contribution in [2.75, 3.05) is 5.32 Å². The van der Waals surface area contributed by atoms with Crippen LogP contribution in [0.1, 0.15) is 24.1 Å². The molecule has 0 aliphatic heterocycles. The molecule has 0 aliphatic rings. The molecule has 1 N–H and O–H groups in total. The van der Waals surface area contributed by atoms with Crippen LogP contribution in [0.2, 0.25) is 0 Å². The van der Waals surface area contributed by atoms with Crippen LogP contribution in [0.5, 0.6) is 0 Å². The van der Waals surface area contributed by atoms with E-state index in [0.29, 0.717) is 5.82 Å². The zero-order valence-electron chi connectivity index (χ0n) is 13.3. The monoisotopic (exact) mass is 320 g/mol. The van der Waals surface area contributed by atoms with Gasteiger partial charge in [0.25, 0.3) is 0 Å². The fourth-order valence-electron chi connectivity index (χ4n) is 2.32. The molecule has 120 valence electrons. The van der Waals surface area contributed by atoms with Gasteiger partial charge in [-0.25, -0.2) is 9.37 Å². The maximum atomic E-state index is 13.0. The highest BCUT2D eigenvalue weighted by Gasteiger charge is 2.07. The fraction of sp³-hybridized carbons (Fsp3) is 0.105. The molecule has 0 spiro atoms. The minimum atomic E-state index is -0.245. The lowest BCUT2D eigenvalue weighted by Gasteiger charge is -2.14. The number of benzene rings is 1. The van der Waals surface area contributed by atoms with Gasteiger partial charge in [0.15, 0.2) is 0 Å². The molecule has 1 unspecified atom stereocenters. The lowest BCUT2D eigenvalue weighted by Crippen LogP contribution is -2.08. The van der Waals surface area contributed by atoms with Crippen molar-refractivity contribution >= 4 is 11.9 Å². The van der Waals surface area contributed by atoms with Crippen molar-refractivity contribution in [3.05, 3.63) is 78.6 Å². The van der Waals surface area contributed by atoms with Crippen LogP contribution in [0.15, 0.2) is 61.7 Å². The summed E-state index contributed by atoms with van der Waals surface area (Å²) in [4.78, 5) is 13.0. The highest BCUT2D eigenvalue weighted by molar-refractivity contribution is 5.62. The second-order valence-corrected chi connectivity index (χ2v) is 5.42. The number of halogens is 1. The molecule has 5 heteroatoms. The summed E-state index contributed by atoms with van der Waals surface area (Å²) in [6, 6.07) is 8.35. The summed E-state index contributed by atoms with van der Waals surface area (Å²) in [7, 11) is 0. The molecule has 3 aromatic rings. The van der Waals surface area contributed by atoms with Crippen molar-refractivity contribution in [1.29, 1.82) is 0 Å². The van der Waals surface area contributed by atoms with Gasteiger partial charge in [-0.05, 0) is 36.2 Å². The fourth-order valence-corrected chi connectivity index (χ4v) is 2.32. The average Bonchev–Trinajstić information content (AvgIpc) is 2.63. The van der Waals surface area contributed by atoms with Crippen LogP contribution in [0.25, 0.3) is 17.3 Å². The lowest BCUT2D eigenvalue weighted by atomic mass is 10.1. The zero-order chi connectivity index (χ0) is 16.9. The van der Waals surface area contributed by atoms with Crippen molar-refractivity contribution in [2.24, 2.45) is 0 Å². The number of anilines is 1. The van der Waals surface area contributed by atoms with Crippen molar-refractivity contribution in [2.45, 2.75) is 13.0 Å². The van der Waals surface area contributed by atoms with Gasteiger partial charge in [0.2, 0.25) is 0 Å². The molecule has 1 aromatic carbocycles. The van der Waals surface area contributed by atoms with E-state index in [1.807, 2.05) is 13.0 Å². The van der Waals surface area contributed by atoms with E-state index in [1.54, 1.807) is 43.0 Å². The summed E-state index contributed by atoms with van der Waals surface area (Å²) in [6.07, 6.45) is 8.60. The van der Waals surface area contributed by atoms with Gasteiger partial charge in [-0.2, -0.15) is 0 Å². The Bertz CT molecular complexity index is 829. The first kappa shape index (κ1) is 15.8. The van der Waals surface area contributed by atoms with E-state index in [2.05, 4.69) is 26.8 Å². The van der Waals surface area contributed by atoms with E-state index < -0.39 is 0 Å². The Hall–Kier alpha value is -3.08. The normalized spacial score (nSPS) is 11.8. The second kappa shape index (κ2) is 7.00. The molecule has 2 aromatic heterocycles. The van der Waals surface area contributed by atoms with Gasteiger partial charge in [0.05, 0.1) is 18.1 Å². The summed E-state index contributed by atoms with van der Waals surface area (Å²) in [5, 5.41) is 3.25. The van der Waals surface area contributed by atoms with Gasteiger partial charge < -0.3 is 5.32 Å². The van der Waals surface area contributed by atoms with Crippen molar-refractivity contribution in [3.63, 3.8) is 0 Å². The van der Waals surface area contributed by atoms with E-state index in [9.17, 15) is 4.39 Å². The smallest absolute Gasteiger partial charge is 0.144 e. The number of hydrogen-bond donors (Lipinski definition) is 1. The maximum Gasteiger partial charge on any atom is 0.144 e. The van der Waals surface area contributed by atoms with Crippen LogP contribution >= 0.6 is 0 Å². The third-order valence-electron chi connectivity index (χ3n) is 3.68. The van der Waals surface area contributed by atoms with Crippen molar-refractivity contribution < 1.29 is 4.39 Å². The molecule has 24 heavy (non-hydrogen) atoms. The van der Waals surface area contributed by atoms with E-state index in [-0.39, 0.29) is 11.9 Å². The standard InChI is InChI=1S/C19H17FN4/c1-3-14-8-16(10-21-9-14)18-11-23-19(12-22-18)24-13(2)15-4-6-17(20)7-5-15/h3-13H,1H2,2H3,(H,23,24). The number of aromatic nitrogens is 3. The second-order valence-electron chi connectivity index (χ2n) is 5.42. The number of rotatable bonds is 5. The molecule has 4 nitrogen and oxygen atoms in total. The highest BCUT2D eigenvalue weighted by atomic mass is 19.1. The third-order valence-corrected chi connectivity index (χ3v) is 3.68. The van der Waals surface area contributed by atoms with Crippen LogP contribution in [-0.4, -0.2) is 15.0 Å². The summed E-state index contributed by atoms with van der Waals surface area (Å²) >= 11 is 0. The van der Waals surface area contributed by atoms with Gasteiger partial charge in [-0.15, -0.1) is 0 Å². The molecule has 0 radical (unpaired) electrons. The SMILES string of the molecule is C=Cc1cncc(-c2cnc(NC(C)c3ccc(F)cc3)cn2)c1. The quantitative estimate of drug-likeness (QED) is 0.752. The Morgan fingerprint density at radius 2 is 1.88 bits per heavy atom. The Morgan fingerprint density at radius 1 is 1.08 bits per heavy atom. The van der Waals surface area contributed by atoms with E-state index in [0.717, 1.165) is 22.4 Å². The minimum Gasteiger partial charge on any atom is -0.362 e. The van der Waals surface area contributed by atoms with Crippen molar-refractivity contribution in [1.82, 2.24) is 15.0 Å². The third kappa shape index (κ3) is 3.63. The number of hydrogen-bond acceptors (Lipinski definition) is 4. The summed E-state index contributed by atoms with van der Waals surface area (Å²) in [5.74, 6) is 0.411. The Labute approximate surface area is 140 Å². The summed E-state index contributed by atoms with van der Waals surface area (Å²) < 4.78 is 13.0. The Kier molecular flexibility index (Phi) is 4.61. The molecule has 0 bridgehead atoms. The molecule has 0 saturated carbocycles. The number of pyridine rings is 1. The number of nitrogens with one attached hydrogen (secondary N) is 1. The Morgan fingerprint density at radius 3 is 2.54 bits per heavy atom. The average molecular weight is 320 g/mol. The maximum absolute atomic E-state index is 13.0. The van der Waals surface area contributed by atoms with Crippen LogP contribution in [0, 0.1) is 5.82 Å². The first-order valence-corrected chi connectivity index (χ1v) is 7.57. The highest BCUT2D eigenvalue weighted by Crippen LogP contribution is 2.20. The van der Waals surface area contributed by atoms with Crippen LogP contribution in [-0.2, 0) is 0 Å². The summed E-state index contributed by atoms with van der Waals surface area (Å²) in [5.41, 5.74) is 3.54. The molecule has 0 saturated heterocycles. The topological polar surface area (TPSA) is 50.7 Å². The van der Waals surface area contributed by atoms with Gasteiger partial charge in [0, 0.05) is 24.0 Å². The van der Waals surface area contributed by atoms with E-state index >= 15 is 0 Å². The molecular weight excluding hydrogens is 303 g/mol. The Balaban J connectivity index is 1.74. The molecule has 0 amide bonds. The minimum absolute atomic E-state index is 0.00323. The largest absolute Gasteiger partial charge is 0.362 e. The zero-order valence-corrected chi connectivity index (χ0v) is 13.3. The lowest BCUT2D eigenvalue weighted by molar-refractivity contribution is 0.626. The van der Waals surface area contributed by atoms with E-state index in [4.69, 9.17) is 0 Å². The predicted octanol–water partition coefficient (Wildman–Crippen LogP) is 4.49. The first-order chi connectivity index (χ1) is 11.7.